The average Bonchev–Trinajstić information content (AvgIpc) is 3.00. The molecule has 29 heavy (non-hydrogen) atoms. The maximum atomic E-state index is 11.8. The first-order valence-electron chi connectivity index (χ1n) is 11.8. The van der Waals surface area contributed by atoms with Crippen molar-refractivity contribution in [3.05, 3.63) is 0 Å². The Labute approximate surface area is 177 Å². The van der Waals surface area contributed by atoms with Crippen molar-refractivity contribution in [3.63, 3.8) is 0 Å². The van der Waals surface area contributed by atoms with Crippen LogP contribution >= 0.6 is 0 Å². The number of hydrogen-bond acceptors (Lipinski definition) is 4. The molecule has 0 atom stereocenters. The quantitative estimate of drug-likeness (QED) is 0.262. The second-order valence-electron chi connectivity index (χ2n) is 8.06. The van der Waals surface area contributed by atoms with Gasteiger partial charge in [-0.05, 0) is 52.4 Å². The van der Waals surface area contributed by atoms with Crippen molar-refractivity contribution in [1.29, 1.82) is 0 Å². The highest BCUT2D eigenvalue weighted by Gasteiger charge is 2.24. The van der Waals surface area contributed by atoms with E-state index in [0.717, 1.165) is 64.4 Å². The molecule has 1 saturated heterocycles. The number of unbranched alkanes of at least 4 members (excludes halogenated alkanes) is 1. The summed E-state index contributed by atoms with van der Waals surface area (Å²) in [5.74, 6) is 0.881. The van der Waals surface area contributed by atoms with E-state index in [9.17, 15) is 4.79 Å². The van der Waals surface area contributed by atoms with Crippen LogP contribution in [0.15, 0.2) is 4.99 Å². The van der Waals surface area contributed by atoms with Gasteiger partial charge in [-0.15, -0.1) is 0 Å². The molecule has 7 heteroatoms. The summed E-state index contributed by atoms with van der Waals surface area (Å²) >= 11 is 0. The van der Waals surface area contributed by atoms with E-state index in [1.165, 1.54) is 38.5 Å². The van der Waals surface area contributed by atoms with Gasteiger partial charge in [-0.3, -0.25) is 4.99 Å². The minimum Gasteiger partial charge on any atom is -0.450 e. The van der Waals surface area contributed by atoms with Gasteiger partial charge >= 0.3 is 6.09 Å². The molecular weight excluding hydrogens is 368 g/mol. The number of rotatable bonds is 9. The number of likely N-dealkylation sites (tertiary alicyclic amines) is 1. The Balaban J connectivity index is 1.61. The normalized spacial score (nSPS) is 19.7. The largest absolute Gasteiger partial charge is 0.450 e. The van der Waals surface area contributed by atoms with Crippen LogP contribution in [-0.2, 0) is 9.47 Å². The first-order chi connectivity index (χ1) is 14.2. The average molecular weight is 411 g/mol. The fraction of sp³-hybridized carbons (Fsp3) is 0.909. The van der Waals surface area contributed by atoms with Crippen LogP contribution in [0.25, 0.3) is 0 Å². The van der Waals surface area contributed by atoms with Gasteiger partial charge in [0, 0.05) is 38.8 Å². The Bertz CT molecular complexity index is 471. The number of ether oxygens (including phenoxy) is 2. The molecular formula is C22H42N4O3. The molecule has 0 spiro atoms. The molecule has 0 aromatic carbocycles. The summed E-state index contributed by atoms with van der Waals surface area (Å²) in [5, 5.41) is 6.86. The molecule has 1 aliphatic carbocycles. The third kappa shape index (κ3) is 9.70. The fourth-order valence-corrected chi connectivity index (χ4v) is 4.00. The van der Waals surface area contributed by atoms with Gasteiger partial charge in [-0.25, -0.2) is 4.79 Å². The van der Waals surface area contributed by atoms with Gasteiger partial charge in [-0.2, -0.15) is 0 Å². The third-order valence-corrected chi connectivity index (χ3v) is 5.68. The van der Waals surface area contributed by atoms with Crippen LogP contribution in [0.2, 0.25) is 0 Å². The van der Waals surface area contributed by atoms with E-state index >= 15 is 0 Å². The lowest BCUT2D eigenvalue weighted by Gasteiger charge is -2.32. The number of aliphatic imine (C=N–C) groups is 1. The predicted octanol–water partition coefficient (Wildman–Crippen LogP) is 3.68. The van der Waals surface area contributed by atoms with Gasteiger partial charge < -0.3 is 25.0 Å². The fourth-order valence-electron chi connectivity index (χ4n) is 4.00. The minimum atomic E-state index is -0.197. The van der Waals surface area contributed by atoms with Crippen molar-refractivity contribution in [1.82, 2.24) is 15.5 Å². The zero-order valence-corrected chi connectivity index (χ0v) is 18.6. The van der Waals surface area contributed by atoms with Crippen LogP contribution in [-0.4, -0.2) is 68.5 Å². The summed E-state index contributed by atoms with van der Waals surface area (Å²) < 4.78 is 11.2. The van der Waals surface area contributed by atoms with Crippen LogP contribution in [0.4, 0.5) is 4.79 Å². The summed E-state index contributed by atoms with van der Waals surface area (Å²) in [6.07, 6.45) is 12.1. The molecule has 2 rings (SSSR count). The van der Waals surface area contributed by atoms with E-state index in [1.54, 1.807) is 4.90 Å². The van der Waals surface area contributed by atoms with Gasteiger partial charge in [0.05, 0.1) is 12.7 Å². The number of hydrogen-bond donors (Lipinski definition) is 2. The van der Waals surface area contributed by atoms with Crippen molar-refractivity contribution in [2.45, 2.75) is 90.2 Å². The van der Waals surface area contributed by atoms with Gasteiger partial charge in [0.1, 0.15) is 0 Å². The van der Waals surface area contributed by atoms with Crippen molar-refractivity contribution >= 4 is 12.1 Å². The number of carbonyl (C=O) groups is 1. The summed E-state index contributed by atoms with van der Waals surface area (Å²) in [6.45, 7) is 8.33. The highest BCUT2D eigenvalue weighted by Crippen LogP contribution is 2.20. The molecule has 0 aromatic heterocycles. The van der Waals surface area contributed by atoms with E-state index in [-0.39, 0.29) is 6.09 Å². The number of guanidine groups is 1. The highest BCUT2D eigenvalue weighted by molar-refractivity contribution is 5.80. The summed E-state index contributed by atoms with van der Waals surface area (Å²) in [6, 6.07) is 0.344. The predicted molar refractivity (Wildman–Crippen MR) is 117 cm³/mol. The van der Waals surface area contributed by atoms with Crippen LogP contribution in [0.3, 0.4) is 0 Å². The SMILES string of the molecule is CCNC(=NCCCCOC1CCCCCC1)NC1CCN(C(=O)OCC)CC1. The van der Waals surface area contributed by atoms with E-state index in [0.29, 0.717) is 18.8 Å². The Hall–Kier alpha value is -1.50. The molecule has 0 aromatic rings. The van der Waals surface area contributed by atoms with E-state index in [1.807, 2.05) is 6.92 Å². The summed E-state index contributed by atoms with van der Waals surface area (Å²) in [5.41, 5.74) is 0. The molecule has 1 aliphatic heterocycles. The standard InChI is InChI=1S/C22H42N4O3/c1-3-23-21(25-19-13-16-26(17-14-19)22(27)28-4-2)24-15-9-10-18-29-20-11-7-5-6-8-12-20/h19-20H,3-18H2,1-2H3,(H2,23,24,25). The third-order valence-electron chi connectivity index (χ3n) is 5.68. The lowest BCUT2D eigenvalue weighted by molar-refractivity contribution is 0.0412. The Kier molecular flexibility index (Phi) is 11.9. The zero-order chi connectivity index (χ0) is 20.7. The van der Waals surface area contributed by atoms with E-state index in [4.69, 9.17) is 14.5 Å². The molecule has 0 unspecified atom stereocenters. The smallest absolute Gasteiger partial charge is 0.409 e. The molecule has 7 nitrogen and oxygen atoms in total. The Morgan fingerprint density at radius 1 is 1.03 bits per heavy atom. The monoisotopic (exact) mass is 410 g/mol. The molecule has 1 heterocycles. The second kappa shape index (κ2) is 14.5. The van der Waals surface area contributed by atoms with Crippen LogP contribution in [0.5, 0.6) is 0 Å². The molecule has 0 bridgehead atoms. The lowest BCUT2D eigenvalue weighted by Crippen LogP contribution is -2.49. The van der Waals surface area contributed by atoms with Crippen LogP contribution in [0.1, 0.15) is 78.1 Å². The highest BCUT2D eigenvalue weighted by atomic mass is 16.6. The molecule has 2 fully saturated rings. The number of nitrogens with one attached hydrogen (secondary N) is 2. The molecule has 2 N–H and O–H groups in total. The van der Waals surface area contributed by atoms with Crippen LogP contribution in [0, 0.1) is 0 Å². The molecule has 1 amide bonds. The van der Waals surface area contributed by atoms with Gasteiger partial charge in [0.2, 0.25) is 0 Å². The number of nitrogens with zero attached hydrogens (tertiary/aromatic N) is 2. The van der Waals surface area contributed by atoms with Gasteiger partial charge in [0.25, 0.3) is 0 Å². The number of carbonyl (C=O) groups excluding carboxylic acids is 1. The topological polar surface area (TPSA) is 75.2 Å². The first kappa shape index (κ1) is 23.8. The van der Waals surface area contributed by atoms with E-state index < -0.39 is 0 Å². The minimum absolute atomic E-state index is 0.197. The Morgan fingerprint density at radius 3 is 2.41 bits per heavy atom. The van der Waals surface area contributed by atoms with Gasteiger partial charge in [-0.1, -0.05) is 25.7 Å². The Morgan fingerprint density at radius 2 is 1.76 bits per heavy atom. The molecule has 1 saturated carbocycles. The molecule has 2 aliphatic rings. The maximum Gasteiger partial charge on any atom is 0.409 e. The molecule has 0 radical (unpaired) electrons. The van der Waals surface area contributed by atoms with E-state index in [2.05, 4.69) is 17.6 Å². The number of piperidine rings is 1. The summed E-state index contributed by atoms with van der Waals surface area (Å²) in [4.78, 5) is 18.3. The number of amides is 1. The van der Waals surface area contributed by atoms with Crippen molar-refractivity contribution in [2.24, 2.45) is 4.99 Å². The zero-order valence-electron chi connectivity index (χ0n) is 18.6. The maximum absolute atomic E-state index is 11.8. The second-order valence-corrected chi connectivity index (χ2v) is 8.06. The van der Waals surface area contributed by atoms with Crippen LogP contribution < -0.4 is 10.6 Å². The van der Waals surface area contributed by atoms with Crippen molar-refractivity contribution in [3.8, 4) is 0 Å². The van der Waals surface area contributed by atoms with Crippen molar-refractivity contribution in [2.75, 3.05) is 39.4 Å². The lowest BCUT2D eigenvalue weighted by atomic mass is 10.1. The molecule has 168 valence electrons. The first-order valence-corrected chi connectivity index (χ1v) is 11.8. The summed E-state index contributed by atoms with van der Waals surface area (Å²) in [7, 11) is 0. The van der Waals surface area contributed by atoms with Crippen molar-refractivity contribution < 1.29 is 14.3 Å². The van der Waals surface area contributed by atoms with Gasteiger partial charge in [0.15, 0.2) is 5.96 Å².